The van der Waals surface area contributed by atoms with Gasteiger partial charge in [0.1, 0.15) is 0 Å². The molecular formula is C10H10BrN5O3S. The van der Waals surface area contributed by atoms with Crippen LogP contribution in [0.5, 0.6) is 0 Å². The van der Waals surface area contributed by atoms with E-state index >= 15 is 0 Å². The number of sulfonamides is 1. The van der Waals surface area contributed by atoms with Crippen LogP contribution in [0.15, 0.2) is 33.9 Å². The maximum atomic E-state index is 12.2. The molecule has 1 aromatic heterocycles. The van der Waals surface area contributed by atoms with Gasteiger partial charge in [-0.1, -0.05) is 5.21 Å². The second kappa shape index (κ2) is 5.21. The maximum Gasteiger partial charge on any atom is 0.281 e. The Balaban J connectivity index is 2.31. The number of hydrogen-bond donors (Lipinski definition) is 2. The fraction of sp³-hybridized carbons (Fsp3) is 0.100. The maximum absolute atomic E-state index is 12.2. The van der Waals surface area contributed by atoms with Crippen molar-refractivity contribution in [1.82, 2.24) is 15.0 Å². The van der Waals surface area contributed by atoms with E-state index in [1.165, 1.54) is 31.3 Å². The predicted molar refractivity (Wildman–Crippen MR) is 74.5 cm³/mol. The van der Waals surface area contributed by atoms with Gasteiger partial charge in [-0.25, -0.2) is 4.68 Å². The predicted octanol–water partition coefficient (Wildman–Crippen LogP) is 0.477. The zero-order valence-electron chi connectivity index (χ0n) is 10.2. The van der Waals surface area contributed by atoms with E-state index in [9.17, 15) is 13.2 Å². The lowest BCUT2D eigenvalue weighted by molar-refractivity contribution is 0.100. The first kappa shape index (κ1) is 14.5. The van der Waals surface area contributed by atoms with Gasteiger partial charge in [0.2, 0.25) is 10.9 Å². The Bertz CT molecular complexity index is 734. The summed E-state index contributed by atoms with van der Waals surface area (Å²) in [6, 6.07) is 5.73. The van der Waals surface area contributed by atoms with Gasteiger partial charge in [-0.15, -0.1) is 5.10 Å². The number of aromatic nitrogens is 3. The van der Waals surface area contributed by atoms with Crippen molar-refractivity contribution in [1.29, 1.82) is 0 Å². The Morgan fingerprint density at radius 2 is 1.95 bits per heavy atom. The van der Waals surface area contributed by atoms with E-state index < -0.39 is 15.9 Å². The molecule has 0 spiro atoms. The van der Waals surface area contributed by atoms with Crippen LogP contribution in [0, 0.1) is 0 Å². The van der Waals surface area contributed by atoms with Gasteiger partial charge in [-0.05, 0) is 40.2 Å². The molecular weight excluding hydrogens is 350 g/mol. The standard InChI is InChI=1S/C10H10BrN5O3S/c1-16-10(8(11)13-15-16)20(18,19)14-7-4-2-6(3-5-7)9(12)17/h2-5,14H,1H3,(H2,12,17). The van der Waals surface area contributed by atoms with E-state index in [1.807, 2.05) is 0 Å². The molecule has 3 N–H and O–H groups in total. The third kappa shape index (κ3) is 2.80. The van der Waals surface area contributed by atoms with Crippen LogP contribution in [0.25, 0.3) is 0 Å². The molecule has 0 radical (unpaired) electrons. The topological polar surface area (TPSA) is 120 Å². The summed E-state index contributed by atoms with van der Waals surface area (Å²) in [4.78, 5) is 10.9. The number of carbonyl (C=O) groups is 1. The molecule has 0 fully saturated rings. The van der Waals surface area contributed by atoms with E-state index in [4.69, 9.17) is 5.73 Å². The molecule has 0 bridgehead atoms. The van der Waals surface area contributed by atoms with Crippen LogP contribution in [0.2, 0.25) is 0 Å². The highest BCUT2D eigenvalue weighted by Crippen LogP contribution is 2.21. The van der Waals surface area contributed by atoms with Gasteiger partial charge in [0.05, 0.1) is 0 Å². The Morgan fingerprint density at radius 3 is 2.40 bits per heavy atom. The lowest BCUT2D eigenvalue weighted by Crippen LogP contribution is -2.17. The molecule has 8 nitrogen and oxygen atoms in total. The van der Waals surface area contributed by atoms with E-state index in [1.54, 1.807) is 0 Å². The summed E-state index contributed by atoms with van der Waals surface area (Å²) in [6.07, 6.45) is 0. The number of nitrogens with two attached hydrogens (primary N) is 1. The number of nitrogens with one attached hydrogen (secondary N) is 1. The Labute approximate surface area is 123 Å². The number of halogens is 1. The fourth-order valence-corrected chi connectivity index (χ4v) is 3.67. The van der Waals surface area contributed by atoms with Crippen LogP contribution in [-0.4, -0.2) is 29.3 Å². The number of aryl methyl sites for hydroxylation is 1. The Hall–Kier alpha value is -1.94. The molecule has 1 aromatic carbocycles. The van der Waals surface area contributed by atoms with Crippen LogP contribution < -0.4 is 10.5 Å². The first-order valence-corrected chi connectivity index (χ1v) is 7.57. The molecule has 0 aliphatic rings. The molecule has 1 heterocycles. The van der Waals surface area contributed by atoms with E-state index in [-0.39, 0.29) is 15.2 Å². The van der Waals surface area contributed by atoms with E-state index in [0.29, 0.717) is 5.69 Å². The van der Waals surface area contributed by atoms with Gasteiger partial charge in [0.25, 0.3) is 10.0 Å². The molecule has 10 heteroatoms. The minimum atomic E-state index is -3.84. The molecule has 0 saturated heterocycles. The van der Waals surface area contributed by atoms with Crippen LogP contribution in [0.4, 0.5) is 5.69 Å². The average molecular weight is 360 g/mol. The second-order valence-corrected chi connectivity index (χ2v) is 6.20. The summed E-state index contributed by atoms with van der Waals surface area (Å²) in [7, 11) is -2.38. The quantitative estimate of drug-likeness (QED) is 0.822. The molecule has 106 valence electrons. The number of anilines is 1. The number of hydrogen-bond acceptors (Lipinski definition) is 5. The van der Waals surface area contributed by atoms with E-state index in [2.05, 4.69) is 31.0 Å². The van der Waals surface area contributed by atoms with Gasteiger partial charge in [-0.3, -0.25) is 9.52 Å². The largest absolute Gasteiger partial charge is 0.366 e. The van der Waals surface area contributed by atoms with Crippen LogP contribution in [0.3, 0.4) is 0 Å². The highest BCUT2D eigenvalue weighted by atomic mass is 79.9. The lowest BCUT2D eigenvalue weighted by atomic mass is 10.2. The third-order valence-electron chi connectivity index (χ3n) is 2.41. The number of benzene rings is 1. The van der Waals surface area contributed by atoms with Crippen LogP contribution in [0.1, 0.15) is 10.4 Å². The summed E-state index contributed by atoms with van der Waals surface area (Å²) in [5.74, 6) is -0.585. The van der Waals surface area contributed by atoms with Gasteiger partial charge in [0.15, 0.2) is 4.60 Å². The molecule has 2 rings (SSSR count). The fourth-order valence-electron chi connectivity index (χ4n) is 1.51. The van der Waals surface area contributed by atoms with Crippen molar-refractivity contribution in [3.8, 4) is 0 Å². The monoisotopic (exact) mass is 359 g/mol. The normalized spacial score (nSPS) is 11.3. The van der Waals surface area contributed by atoms with Crippen LogP contribution in [-0.2, 0) is 17.1 Å². The molecule has 0 aliphatic carbocycles. The zero-order chi connectivity index (χ0) is 14.9. The van der Waals surface area contributed by atoms with Crippen molar-refractivity contribution < 1.29 is 13.2 Å². The first-order valence-electron chi connectivity index (χ1n) is 5.29. The lowest BCUT2D eigenvalue weighted by Gasteiger charge is -2.08. The summed E-state index contributed by atoms with van der Waals surface area (Å²) >= 11 is 3.02. The highest BCUT2D eigenvalue weighted by Gasteiger charge is 2.23. The summed E-state index contributed by atoms with van der Waals surface area (Å²) in [5.41, 5.74) is 5.69. The van der Waals surface area contributed by atoms with Gasteiger partial charge < -0.3 is 5.73 Å². The molecule has 0 unspecified atom stereocenters. The number of amides is 1. The average Bonchev–Trinajstić information content (AvgIpc) is 2.69. The SMILES string of the molecule is Cn1nnc(Br)c1S(=O)(=O)Nc1ccc(C(N)=O)cc1. The number of nitrogens with zero attached hydrogens (tertiary/aromatic N) is 3. The van der Waals surface area contributed by atoms with Gasteiger partial charge >= 0.3 is 0 Å². The van der Waals surface area contributed by atoms with Crippen molar-refractivity contribution in [3.63, 3.8) is 0 Å². The highest BCUT2D eigenvalue weighted by molar-refractivity contribution is 9.10. The number of rotatable bonds is 4. The van der Waals surface area contributed by atoms with Crippen molar-refractivity contribution in [2.75, 3.05) is 4.72 Å². The van der Waals surface area contributed by atoms with Crippen molar-refractivity contribution in [3.05, 3.63) is 34.4 Å². The zero-order valence-corrected chi connectivity index (χ0v) is 12.6. The Morgan fingerprint density at radius 1 is 1.35 bits per heavy atom. The van der Waals surface area contributed by atoms with Gasteiger partial charge in [-0.2, -0.15) is 8.42 Å². The number of primary amides is 1. The molecule has 20 heavy (non-hydrogen) atoms. The van der Waals surface area contributed by atoms with Gasteiger partial charge in [0, 0.05) is 18.3 Å². The summed E-state index contributed by atoms with van der Waals surface area (Å²) in [6.45, 7) is 0. The summed E-state index contributed by atoms with van der Waals surface area (Å²) < 4.78 is 28.0. The van der Waals surface area contributed by atoms with Crippen LogP contribution >= 0.6 is 15.9 Å². The summed E-state index contributed by atoms with van der Waals surface area (Å²) in [5, 5.41) is 7.11. The first-order chi connectivity index (χ1) is 9.31. The van der Waals surface area contributed by atoms with Crippen molar-refractivity contribution in [2.24, 2.45) is 12.8 Å². The third-order valence-corrected chi connectivity index (χ3v) is 4.68. The Kier molecular flexibility index (Phi) is 3.77. The van der Waals surface area contributed by atoms with Crippen molar-refractivity contribution in [2.45, 2.75) is 5.03 Å². The smallest absolute Gasteiger partial charge is 0.281 e. The molecule has 0 saturated carbocycles. The molecule has 1 amide bonds. The van der Waals surface area contributed by atoms with E-state index in [0.717, 1.165) is 4.68 Å². The minimum absolute atomic E-state index is 0.100. The molecule has 0 atom stereocenters. The minimum Gasteiger partial charge on any atom is -0.366 e. The second-order valence-electron chi connectivity index (χ2n) is 3.86. The molecule has 2 aromatic rings. The molecule has 0 aliphatic heterocycles. The van der Waals surface area contributed by atoms with Crippen molar-refractivity contribution >= 4 is 37.5 Å². The number of carbonyl (C=O) groups excluding carboxylic acids is 1.